The molecule has 0 fully saturated rings. The normalized spacial score (nSPS) is 11.6. The van der Waals surface area contributed by atoms with E-state index in [-0.39, 0.29) is 11.4 Å². The van der Waals surface area contributed by atoms with Gasteiger partial charge in [0.15, 0.2) is 0 Å². The van der Waals surface area contributed by atoms with Crippen molar-refractivity contribution in [1.29, 1.82) is 0 Å². The van der Waals surface area contributed by atoms with E-state index in [9.17, 15) is 22.8 Å². The van der Waals surface area contributed by atoms with Crippen LogP contribution in [0.25, 0.3) is 11.0 Å². The molecule has 0 unspecified atom stereocenters. The Morgan fingerprint density at radius 1 is 0.963 bits per heavy atom. The van der Waals surface area contributed by atoms with Crippen molar-refractivity contribution in [2.45, 2.75) is 13.1 Å². The molecule has 3 rings (SSSR count). The van der Waals surface area contributed by atoms with E-state index < -0.39 is 17.8 Å². The van der Waals surface area contributed by atoms with E-state index in [2.05, 4.69) is 10.6 Å². The Hall–Kier alpha value is -3.23. The smallest absolute Gasteiger partial charge is 0.307 e. The van der Waals surface area contributed by atoms with Crippen molar-refractivity contribution in [1.82, 2.24) is 9.13 Å². The molecule has 2 N–H and O–H groups in total. The third-order valence-electron chi connectivity index (χ3n) is 4.35. The zero-order valence-corrected chi connectivity index (χ0v) is 14.8. The fourth-order valence-electron chi connectivity index (χ4n) is 2.90. The fraction of sp³-hybridized carbons (Fsp3) is 0.222. The lowest BCUT2D eigenvalue weighted by atomic mass is 10.1. The number of rotatable bonds is 2. The van der Waals surface area contributed by atoms with Gasteiger partial charge in [-0.1, -0.05) is 12.1 Å². The molecule has 9 heteroatoms. The summed E-state index contributed by atoms with van der Waals surface area (Å²) in [5, 5.41) is 4.77. The molecule has 0 aliphatic heterocycles. The number of amides is 2. The molecule has 0 saturated carbocycles. The Morgan fingerprint density at radius 2 is 1.52 bits per heavy atom. The molecule has 0 aliphatic carbocycles. The van der Waals surface area contributed by atoms with Gasteiger partial charge in [0.05, 0.1) is 22.3 Å². The van der Waals surface area contributed by atoms with Crippen molar-refractivity contribution >= 4 is 28.4 Å². The van der Waals surface area contributed by atoms with Crippen LogP contribution in [0.4, 0.5) is 29.3 Å². The van der Waals surface area contributed by atoms with Crippen LogP contribution < -0.4 is 16.3 Å². The zero-order valence-electron chi connectivity index (χ0n) is 14.8. The highest BCUT2D eigenvalue weighted by molar-refractivity contribution is 6.02. The van der Waals surface area contributed by atoms with E-state index in [1.54, 1.807) is 33.2 Å². The fourth-order valence-corrected chi connectivity index (χ4v) is 2.90. The average Bonchev–Trinajstić information content (AvgIpc) is 2.79. The monoisotopic (exact) mass is 378 g/mol. The van der Waals surface area contributed by atoms with Gasteiger partial charge in [-0.15, -0.1) is 0 Å². The van der Waals surface area contributed by atoms with Crippen LogP contribution >= 0.6 is 0 Å². The van der Waals surface area contributed by atoms with Crippen LogP contribution in [0.3, 0.4) is 0 Å². The van der Waals surface area contributed by atoms with Crippen LogP contribution in [0.5, 0.6) is 0 Å². The number of imidazole rings is 1. The maximum atomic E-state index is 13.0. The lowest BCUT2D eigenvalue weighted by Crippen LogP contribution is -2.22. The number of urea groups is 1. The Morgan fingerprint density at radius 3 is 2.15 bits per heavy atom. The second-order valence-electron chi connectivity index (χ2n) is 6.18. The van der Waals surface area contributed by atoms with Crippen molar-refractivity contribution in [3.05, 3.63) is 58.0 Å². The first-order valence-electron chi connectivity index (χ1n) is 8.00. The Kier molecular flexibility index (Phi) is 4.46. The third kappa shape index (κ3) is 3.40. The van der Waals surface area contributed by atoms with Gasteiger partial charge in [0.2, 0.25) is 0 Å². The van der Waals surface area contributed by atoms with Crippen molar-refractivity contribution in [2.75, 3.05) is 10.6 Å². The van der Waals surface area contributed by atoms with Crippen LogP contribution in [0.15, 0.2) is 41.2 Å². The van der Waals surface area contributed by atoms with E-state index >= 15 is 0 Å². The van der Waals surface area contributed by atoms with Gasteiger partial charge >= 0.3 is 17.9 Å². The van der Waals surface area contributed by atoms with E-state index in [1.165, 1.54) is 27.3 Å². The summed E-state index contributed by atoms with van der Waals surface area (Å²) >= 11 is 0. The number of anilines is 2. The summed E-state index contributed by atoms with van der Waals surface area (Å²) in [6.45, 7) is 1.73. The summed E-state index contributed by atoms with van der Waals surface area (Å²) in [5.74, 6) is 0. The Bertz CT molecular complexity index is 1100. The molecule has 6 nitrogen and oxygen atoms in total. The lowest BCUT2D eigenvalue weighted by molar-refractivity contribution is -0.136. The number of para-hydroxylation sites is 1. The van der Waals surface area contributed by atoms with Gasteiger partial charge in [0, 0.05) is 19.8 Å². The number of aryl methyl sites for hydroxylation is 3. The van der Waals surface area contributed by atoms with Crippen LogP contribution in [0.1, 0.15) is 11.1 Å². The van der Waals surface area contributed by atoms with Crippen molar-refractivity contribution < 1.29 is 18.0 Å². The molecule has 27 heavy (non-hydrogen) atoms. The maximum Gasteiger partial charge on any atom is 0.418 e. The number of halogens is 3. The summed E-state index contributed by atoms with van der Waals surface area (Å²) in [4.78, 5) is 24.3. The van der Waals surface area contributed by atoms with Crippen LogP contribution in [-0.4, -0.2) is 15.2 Å². The average molecular weight is 378 g/mol. The number of hydrogen-bond acceptors (Lipinski definition) is 2. The summed E-state index contributed by atoms with van der Waals surface area (Å²) in [6.07, 6.45) is -4.58. The highest BCUT2D eigenvalue weighted by Crippen LogP contribution is 2.34. The molecule has 142 valence electrons. The first-order valence-corrected chi connectivity index (χ1v) is 8.00. The van der Waals surface area contributed by atoms with E-state index in [4.69, 9.17) is 0 Å². The predicted octanol–water partition coefficient (Wildman–Crippen LogP) is 3.85. The SMILES string of the molecule is Cc1cc2c(cc1NC(=O)Nc1ccccc1C(F)(F)F)n(C)c(=O)n2C. The minimum absolute atomic E-state index is 0.217. The lowest BCUT2D eigenvalue weighted by Gasteiger charge is -2.15. The summed E-state index contributed by atoms with van der Waals surface area (Å²) < 4.78 is 42.0. The standard InChI is InChI=1S/C18H17F3N4O2/c1-10-8-14-15(25(3)17(27)24(14)2)9-13(10)23-16(26)22-12-7-5-4-6-11(12)18(19,20)21/h4-9H,1-3H3,(H2,22,23,26). The maximum absolute atomic E-state index is 13.0. The number of aromatic nitrogens is 2. The van der Waals surface area contributed by atoms with Gasteiger partial charge in [-0.2, -0.15) is 13.2 Å². The first kappa shape index (κ1) is 18.6. The number of alkyl halides is 3. The summed E-state index contributed by atoms with van der Waals surface area (Å²) in [6, 6.07) is 7.26. The molecule has 0 radical (unpaired) electrons. The van der Waals surface area contributed by atoms with Crippen LogP contribution in [0.2, 0.25) is 0 Å². The summed E-state index contributed by atoms with van der Waals surface area (Å²) in [5.41, 5.74) is 0.859. The zero-order chi connectivity index (χ0) is 19.9. The molecule has 3 aromatic rings. The topological polar surface area (TPSA) is 68.1 Å². The van der Waals surface area contributed by atoms with Crippen LogP contribution in [0, 0.1) is 6.92 Å². The molecule has 0 aliphatic rings. The van der Waals surface area contributed by atoms with Crippen LogP contribution in [-0.2, 0) is 20.3 Å². The third-order valence-corrected chi connectivity index (χ3v) is 4.35. The first-order chi connectivity index (χ1) is 12.6. The van der Waals surface area contributed by atoms with Gasteiger partial charge in [-0.25, -0.2) is 9.59 Å². The summed E-state index contributed by atoms with van der Waals surface area (Å²) in [7, 11) is 3.24. The molecular formula is C18H17F3N4O2. The van der Waals surface area contributed by atoms with Gasteiger partial charge < -0.3 is 10.6 Å². The second-order valence-corrected chi connectivity index (χ2v) is 6.18. The number of carbonyl (C=O) groups is 1. The molecule has 2 aromatic carbocycles. The predicted molar refractivity (Wildman–Crippen MR) is 97.0 cm³/mol. The van der Waals surface area contributed by atoms with E-state index in [0.717, 1.165) is 6.07 Å². The number of hydrogen-bond donors (Lipinski definition) is 2. The number of carbonyl (C=O) groups excluding carboxylic acids is 1. The highest BCUT2D eigenvalue weighted by Gasteiger charge is 2.33. The largest absolute Gasteiger partial charge is 0.418 e. The Balaban J connectivity index is 1.91. The number of fused-ring (bicyclic) bond motifs is 1. The van der Waals surface area contributed by atoms with Gasteiger partial charge in [-0.3, -0.25) is 9.13 Å². The number of benzene rings is 2. The Labute approximate surface area is 152 Å². The van der Waals surface area contributed by atoms with Crippen molar-refractivity contribution in [3.8, 4) is 0 Å². The van der Waals surface area contributed by atoms with Gasteiger partial charge in [0.1, 0.15) is 0 Å². The second kappa shape index (κ2) is 6.49. The molecule has 1 aromatic heterocycles. The molecule has 0 atom stereocenters. The molecule has 0 bridgehead atoms. The minimum Gasteiger partial charge on any atom is -0.307 e. The molecule has 1 heterocycles. The van der Waals surface area contributed by atoms with Crippen molar-refractivity contribution in [3.63, 3.8) is 0 Å². The number of nitrogens with zero attached hydrogens (tertiary/aromatic N) is 2. The molecule has 0 spiro atoms. The number of nitrogens with one attached hydrogen (secondary N) is 2. The molecule has 2 amide bonds. The molecule has 0 saturated heterocycles. The van der Waals surface area contributed by atoms with Crippen molar-refractivity contribution in [2.24, 2.45) is 14.1 Å². The highest BCUT2D eigenvalue weighted by atomic mass is 19.4. The van der Waals surface area contributed by atoms with E-state index in [0.29, 0.717) is 22.3 Å². The van der Waals surface area contributed by atoms with Gasteiger partial charge in [0.25, 0.3) is 0 Å². The van der Waals surface area contributed by atoms with Gasteiger partial charge in [-0.05, 0) is 36.8 Å². The minimum atomic E-state index is -4.58. The van der Waals surface area contributed by atoms with E-state index in [1.807, 2.05) is 0 Å². The quantitative estimate of drug-likeness (QED) is 0.711. The molecular weight excluding hydrogens is 361 g/mol.